The molecule has 12 heteroatoms. The topological polar surface area (TPSA) is 151 Å². The number of benzene rings is 4. The molecule has 0 saturated heterocycles. The first-order chi connectivity index (χ1) is 17.8. The minimum Gasteiger partial charge on any atom is -0.483 e. The van der Waals surface area contributed by atoms with Gasteiger partial charge in [-0.2, -0.15) is 0 Å². The van der Waals surface area contributed by atoms with E-state index < -0.39 is 33.7 Å². The van der Waals surface area contributed by atoms with Crippen molar-refractivity contribution in [3.05, 3.63) is 98.0 Å². The van der Waals surface area contributed by atoms with E-state index in [2.05, 4.69) is 10.3 Å². The Morgan fingerprint density at radius 1 is 0.946 bits per heavy atom. The van der Waals surface area contributed by atoms with Gasteiger partial charge < -0.3 is 14.5 Å². The van der Waals surface area contributed by atoms with E-state index in [1.165, 1.54) is 0 Å². The molecule has 0 fully saturated rings. The van der Waals surface area contributed by atoms with Crippen LogP contribution in [0.1, 0.15) is 0 Å². The number of carbonyl (C=O) groups is 1. The normalized spacial score (nSPS) is 10.9. The van der Waals surface area contributed by atoms with Gasteiger partial charge in [0.1, 0.15) is 11.3 Å². The zero-order valence-corrected chi connectivity index (χ0v) is 19.5. The van der Waals surface area contributed by atoms with Crippen molar-refractivity contribution in [3.8, 4) is 17.2 Å². The minimum absolute atomic E-state index is 0.178. The molecule has 0 radical (unpaired) electrons. The number of aromatic nitrogens is 1. The third kappa shape index (κ3) is 4.88. The van der Waals surface area contributed by atoms with Crippen LogP contribution in [0.4, 0.5) is 17.1 Å². The summed E-state index contributed by atoms with van der Waals surface area (Å²) in [7, 11) is 0. The minimum atomic E-state index is -0.784. The summed E-state index contributed by atoms with van der Waals surface area (Å²) in [6.45, 7) is -0.531. The van der Waals surface area contributed by atoms with Gasteiger partial charge in [0.2, 0.25) is 5.89 Å². The molecule has 37 heavy (non-hydrogen) atoms. The fraction of sp³-hybridized carbons (Fsp3) is 0.0400. The molecule has 0 unspecified atom stereocenters. The van der Waals surface area contributed by atoms with Crippen LogP contribution in [0.2, 0.25) is 5.02 Å². The smallest absolute Gasteiger partial charge is 0.280 e. The number of fused-ring (bicyclic) bond motifs is 2. The molecular formula is C25H15ClN4O7. The number of nitrogens with one attached hydrogen (secondary N) is 1. The van der Waals surface area contributed by atoms with Crippen molar-refractivity contribution in [1.29, 1.82) is 0 Å². The first kappa shape index (κ1) is 23.7. The number of amides is 1. The summed E-state index contributed by atoms with van der Waals surface area (Å²) in [4.78, 5) is 37.4. The van der Waals surface area contributed by atoms with Gasteiger partial charge in [0, 0.05) is 21.7 Å². The molecule has 5 rings (SSSR count). The van der Waals surface area contributed by atoms with Crippen LogP contribution in [-0.2, 0) is 4.79 Å². The number of carbonyl (C=O) groups excluding carboxylic acids is 1. The molecule has 1 N–H and O–H groups in total. The molecule has 0 spiro atoms. The van der Waals surface area contributed by atoms with Crippen molar-refractivity contribution in [1.82, 2.24) is 4.98 Å². The van der Waals surface area contributed by atoms with Crippen LogP contribution < -0.4 is 10.1 Å². The summed E-state index contributed by atoms with van der Waals surface area (Å²) < 4.78 is 11.2. The molecule has 1 heterocycles. The predicted molar refractivity (Wildman–Crippen MR) is 136 cm³/mol. The van der Waals surface area contributed by atoms with Gasteiger partial charge >= 0.3 is 0 Å². The van der Waals surface area contributed by atoms with E-state index in [1.54, 1.807) is 24.3 Å². The SMILES string of the molecule is O=C(COc1cc([N+](=O)[O-])cc([N+](=O)[O-])c1)Nc1ccc2oc(-c3cccc4c(Cl)cccc34)nc2c1. The molecule has 11 nitrogen and oxygen atoms in total. The summed E-state index contributed by atoms with van der Waals surface area (Å²) in [5.41, 5.74) is 1.14. The maximum absolute atomic E-state index is 12.4. The molecule has 1 aromatic heterocycles. The Balaban J connectivity index is 1.33. The summed E-state index contributed by atoms with van der Waals surface area (Å²) in [6.07, 6.45) is 0. The zero-order chi connectivity index (χ0) is 26.1. The number of oxazole rings is 1. The Morgan fingerprint density at radius 2 is 1.65 bits per heavy atom. The molecule has 184 valence electrons. The van der Waals surface area contributed by atoms with E-state index in [4.69, 9.17) is 20.8 Å². The van der Waals surface area contributed by atoms with Gasteiger partial charge in [-0.05, 0) is 35.7 Å². The number of nitrogens with zero attached hydrogens (tertiary/aromatic N) is 3. The Morgan fingerprint density at radius 3 is 2.38 bits per heavy atom. The summed E-state index contributed by atoms with van der Waals surface area (Å²) in [5, 5.41) is 27.0. The van der Waals surface area contributed by atoms with Crippen LogP contribution >= 0.6 is 11.6 Å². The number of ether oxygens (including phenoxy) is 1. The molecule has 4 aromatic carbocycles. The summed E-state index contributed by atoms with van der Waals surface area (Å²) in [6, 6.07) is 18.9. The largest absolute Gasteiger partial charge is 0.483 e. The van der Waals surface area contributed by atoms with Crippen molar-refractivity contribution in [3.63, 3.8) is 0 Å². The second-order valence-electron chi connectivity index (χ2n) is 7.88. The first-order valence-electron chi connectivity index (χ1n) is 10.7. The maximum atomic E-state index is 12.4. The van der Waals surface area contributed by atoms with E-state index in [0.29, 0.717) is 27.7 Å². The number of halogens is 1. The molecular weight excluding hydrogens is 504 g/mol. The van der Waals surface area contributed by atoms with Gasteiger partial charge in [0.25, 0.3) is 17.3 Å². The molecule has 1 amide bonds. The average Bonchev–Trinajstić information content (AvgIpc) is 3.30. The molecule has 0 saturated carbocycles. The quantitative estimate of drug-likeness (QED) is 0.199. The van der Waals surface area contributed by atoms with Gasteiger partial charge in [-0.15, -0.1) is 0 Å². The number of nitro groups is 2. The Kier molecular flexibility index (Phi) is 6.12. The van der Waals surface area contributed by atoms with E-state index in [0.717, 1.165) is 34.5 Å². The maximum Gasteiger partial charge on any atom is 0.280 e. The highest BCUT2D eigenvalue weighted by molar-refractivity contribution is 6.35. The second kappa shape index (κ2) is 9.55. The van der Waals surface area contributed by atoms with Gasteiger partial charge in [0.05, 0.1) is 28.0 Å². The number of non-ortho nitro benzene ring substituents is 2. The van der Waals surface area contributed by atoms with Crippen molar-refractivity contribution < 1.29 is 23.8 Å². The van der Waals surface area contributed by atoms with Gasteiger partial charge in [0.15, 0.2) is 12.2 Å². The van der Waals surface area contributed by atoms with Crippen molar-refractivity contribution >= 4 is 56.4 Å². The standard InChI is InChI=1S/C25H15ClN4O7/c26-21-6-2-3-18-19(21)4-1-5-20(18)25-28-22-9-14(7-8-23(22)37-25)27-24(31)13-36-17-11-15(29(32)33)10-16(12-17)30(34)35/h1-12H,13H2,(H,27,31). The number of hydrogen-bond acceptors (Lipinski definition) is 8. The Hall–Kier alpha value is -5.03. The number of rotatable bonds is 7. The van der Waals surface area contributed by atoms with Crippen LogP contribution in [0.15, 0.2) is 77.2 Å². The lowest BCUT2D eigenvalue weighted by Crippen LogP contribution is -2.20. The van der Waals surface area contributed by atoms with E-state index in [1.807, 2.05) is 30.3 Å². The molecule has 0 aliphatic rings. The summed E-state index contributed by atoms with van der Waals surface area (Å²) >= 11 is 6.31. The third-order valence-corrected chi connectivity index (χ3v) is 5.77. The van der Waals surface area contributed by atoms with Crippen molar-refractivity contribution in [2.75, 3.05) is 11.9 Å². The first-order valence-corrected chi connectivity index (χ1v) is 11.1. The highest BCUT2D eigenvalue weighted by Crippen LogP contribution is 2.34. The highest BCUT2D eigenvalue weighted by Gasteiger charge is 2.18. The van der Waals surface area contributed by atoms with Gasteiger partial charge in [-0.1, -0.05) is 35.9 Å². The van der Waals surface area contributed by atoms with Crippen LogP contribution in [0.5, 0.6) is 5.75 Å². The molecule has 0 aliphatic heterocycles. The Labute approximate surface area is 212 Å². The predicted octanol–water partition coefficient (Wildman–Crippen LogP) is 6.14. The Bertz CT molecular complexity index is 1680. The monoisotopic (exact) mass is 518 g/mol. The summed E-state index contributed by atoms with van der Waals surface area (Å²) in [5.74, 6) is -0.370. The third-order valence-electron chi connectivity index (χ3n) is 5.44. The zero-order valence-electron chi connectivity index (χ0n) is 18.7. The lowest BCUT2D eigenvalue weighted by molar-refractivity contribution is -0.394. The lowest BCUT2D eigenvalue weighted by atomic mass is 10.0. The molecule has 5 aromatic rings. The molecule has 0 aliphatic carbocycles. The number of nitro benzene ring substituents is 2. The average molecular weight is 519 g/mol. The number of anilines is 1. The fourth-order valence-electron chi connectivity index (χ4n) is 3.79. The van der Waals surface area contributed by atoms with Gasteiger partial charge in [-0.25, -0.2) is 4.98 Å². The van der Waals surface area contributed by atoms with Crippen LogP contribution in [0, 0.1) is 20.2 Å². The van der Waals surface area contributed by atoms with E-state index in [-0.39, 0.29) is 5.75 Å². The highest BCUT2D eigenvalue weighted by atomic mass is 35.5. The van der Waals surface area contributed by atoms with Gasteiger partial charge in [-0.3, -0.25) is 25.0 Å². The number of hydrogen-bond donors (Lipinski definition) is 1. The fourth-order valence-corrected chi connectivity index (χ4v) is 4.02. The van der Waals surface area contributed by atoms with Crippen LogP contribution in [-0.4, -0.2) is 27.3 Å². The van der Waals surface area contributed by atoms with E-state index >= 15 is 0 Å². The van der Waals surface area contributed by atoms with Crippen molar-refractivity contribution in [2.45, 2.75) is 0 Å². The van der Waals surface area contributed by atoms with Crippen molar-refractivity contribution in [2.24, 2.45) is 0 Å². The molecule has 0 bridgehead atoms. The second-order valence-corrected chi connectivity index (χ2v) is 8.29. The van der Waals surface area contributed by atoms with Crippen LogP contribution in [0.25, 0.3) is 33.3 Å². The molecule has 0 atom stereocenters. The lowest BCUT2D eigenvalue weighted by Gasteiger charge is -2.07. The van der Waals surface area contributed by atoms with E-state index in [9.17, 15) is 25.0 Å². The van der Waals surface area contributed by atoms with Crippen LogP contribution in [0.3, 0.4) is 0 Å².